The van der Waals surface area contributed by atoms with E-state index in [0.717, 1.165) is 5.56 Å². The molecule has 156 valence electrons. The normalized spacial score (nSPS) is 15.3. The van der Waals surface area contributed by atoms with Crippen molar-refractivity contribution in [3.8, 4) is 5.75 Å². The minimum atomic E-state index is -2.03. The van der Waals surface area contributed by atoms with Crippen LogP contribution in [0.1, 0.15) is 52.7 Å². The molecule has 7 heteroatoms. The van der Waals surface area contributed by atoms with Crippen LogP contribution in [0.3, 0.4) is 0 Å². The Morgan fingerprint density at radius 1 is 1.04 bits per heavy atom. The first kappa shape index (κ1) is 24.8. The molecule has 5 nitrogen and oxygen atoms in total. The quantitative estimate of drug-likeness (QED) is 0.516. The van der Waals surface area contributed by atoms with Crippen molar-refractivity contribution in [1.29, 1.82) is 0 Å². The zero-order valence-corrected chi connectivity index (χ0v) is 19.9. The van der Waals surface area contributed by atoms with Crippen LogP contribution in [-0.2, 0) is 24.6 Å². The van der Waals surface area contributed by atoms with Gasteiger partial charge in [0.2, 0.25) is 0 Å². The first-order chi connectivity index (χ1) is 12.5. The molecule has 0 aliphatic rings. The van der Waals surface area contributed by atoms with Gasteiger partial charge >= 0.3 is 8.60 Å². The average molecular weight is 418 g/mol. The van der Waals surface area contributed by atoms with E-state index in [1.807, 2.05) is 12.7 Å². The minimum absolute atomic E-state index is 0.0479. The zero-order valence-electron chi connectivity index (χ0n) is 18.0. The fraction of sp³-hybridized carbons (Fsp3) is 0.700. The molecule has 0 bridgehead atoms. The summed E-state index contributed by atoms with van der Waals surface area (Å²) < 4.78 is 22.0. The maximum atomic E-state index is 10.3. The summed E-state index contributed by atoms with van der Waals surface area (Å²) in [6, 6.07) is 6.16. The van der Waals surface area contributed by atoms with E-state index in [0.29, 0.717) is 34.4 Å². The van der Waals surface area contributed by atoms with Gasteiger partial charge in [-0.05, 0) is 29.1 Å². The highest BCUT2D eigenvalue weighted by molar-refractivity contribution is 7.41. The predicted molar refractivity (Wildman–Crippen MR) is 115 cm³/mol. The second-order valence-corrected chi connectivity index (χ2v) is 10.3. The predicted octanol–water partition coefficient (Wildman–Crippen LogP) is 5.40. The summed E-state index contributed by atoms with van der Waals surface area (Å²) >= 11 is 0. The Morgan fingerprint density at radius 3 is 2.22 bits per heavy atom. The molecule has 0 saturated heterocycles. The van der Waals surface area contributed by atoms with Gasteiger partial charge in [-0.15, -0.1) is 0 Å². The molecule has 0 radical (unpaired) electrons. The third-order valence-electron chi connectivity index (χ3n) is 4.12. The summed E-state index contributed by atoms with van der Waals surface area (Å²) in [7, 11) is 0.0374. The molecular formula is C20H36O5P2. The highest BCUT2D eigenvalue weighted by atomic mass is 31.2. The maximum Gasteiger partial charge on any atom is 0.394 e. The van der Waals surface area contributed by atoms with Crippen LogP contribution in [0.2, 0.25) is 0 Å². The van der Waals surface area contributed by atoms with E-state index >= 15 is 0 Å². The second kappa shape index (κ2) is 11.0. The summed E-state index contributed by atoms with van der Waals surface area (Å²) in [5.74, 6) is 0.729. The Bertz CT molecular complexity index is 566. The van der Waals surface area contributed by atoms with Crippen LogP contribution >= 0.6 is 17.4 Å². The maximum absolute atomic E-state index is 10.3. The summed E-state index contributed by atoms with van der Waals surface area (Å²) in [6.07, 6.45) is 0. The lowest BCUT2D eigenvalue weighted by Gasteiger charge is -2.27. The molecule has 27 heavy (non-hydrogen) atoms. The van der Waals surface area contributed by atoms with Crippen molar-refractivity contribution in [2.45, 2.75) is 52.4 Å². The van der Waals surface area contributed by atoms with Gasteiger partial charge in [-0.3, -0.25) is 0 Å². The van der Waals surface area contributed by atoms with Gasteiger partial charge in [-0.2, -0.15) is 0 Å². The lowest BCUT2D eigenvalue weighted by atomic mass is 9.80. The van der Waals surface area contributed by atoms with Crippen LogP contribution < -0.4 is 4.52 Å². The Hall–Kier alpha value is -0.280. The van der Waals surface area contributed by atoms with Crippen molar-refractivity contribution in [3.63, 3.8) is 0 Å². The van der Waals surface area contributed by atoms with E-state index in [2.05, 4.69) is 53.7 Å². The van der Waals surface area contributed by atoms with Gasteiger partial charge in [0.05, 0.1) is 19.8 Å². The molecule has 0 heterocycles. The third-order valence-corrected chi connectivity index (χ3v) is 5.29. The molecule has 0 saturated carbocycles. The molecule has 0 aliphatic carbocycles. The smallest absolute Gasteiger partial charge is 0.394 e. The minimum Gasteiger partial charge on any atom is -0.427 e. The molecule has 0 fully saturated rings. The number of rotatable bonds is 10. The lowest BCUT2D eigenvalue weighted by molar-refractivity contribution is 0.0863. The number of methoxy groups -OCH3 is 1. The molecule has 3 atom stereocenters. The Balaban J connectivity index is 2.84. The molecule has 0 spiro atoms. The molecule has 1 aromatic rings. The van der Waals surface area contributed by atoms with E-state index in [9.17, 15) is 4.89 Å². The van der Waals surface area contributed by atoms with Gasteiger partial charge in [-0.1, -0.05) is 53.7 Å². The van der Waals surface area contributed by atoms with E-state index in [1.54, 1.807) is 7.11 Å². The van der Waals surface area contributed by atoms with Crippen molar-refractivity contribution < 1.29 is 23.2 Å². The van der Waals surface area contributed by atoms with Gasteiger partial charge in [0.15, 0.2) is 0 Å². The number of benzene rings is 1. The third kappa shape index (κ3) is 8.73. The van der Waals surface area contributed by atoms with Gasteiger partial charge in [0.1, 0.15) is 5.75 Å². The molecule has 3 unspecified atom stereocenters. The van der Waals surface area contributed by atoms with E-state index in [-0.39, 0.29) is 16.7 Å². The SMILES string of the molecule is COCC(COPC)COP(O)Oc1ccc(C(C)(C)C)cc1C(C)(C)C. The van der Waals surface area contributed by atoms with Crippen LogP contribution in [0.15, 0.2) is 18.2 Å². The van der Waals surface area contributed by atoms with Gasteiger partial charge in [0.25, 0.3) is 0 Å². The van der Waals surface area contributed by atoms with Crippen LogP contribution in [-0.4, -0.2) is 38.5 Å². The van der Waals surface area contributed by atoms with Gasteiger partial charge in [-0.25, -0.2) is 0 Å². The summed E-state index contributed by atoms with van der Waals surface area (Å²) in [5.41, 5.74) is 2.23. The number of ether oxygens (including phenoxy) is 1. The van der Waals surface area contributed by atoms with Crippen LogP contribution in [0.25, 0.3) is 0 Å². The average Bonchev–Trinajstić information content (AvgIpc) is 2.55. The van der Waals surface area contributed by atoms with Crippen molar-refractivity contribution in [1.82, 2.24) is 0 Å². The van der Waals surface area contributed by atoms with Crippen LogP contribution in [0.5, 0.6) is 5.75 Å². The van der Waals surface area contributed by atoms with E-state index in [1.165, 1.54) is 5.56 Å². The van der Waals surface area contributed by atoms with Crippen molar-refractivity contribution in [3.05, 3.63) is 29.3 Å². The molecule has 1 rings (SSSR count). The van der Waals surface area contributed by atoms with Crippen LogP contribution in [0, 0.1) is 5.92 Å². The summed E-state index contributed by atoms with van der Waals surface area (Å²) in [4.78, 5) is 10.3. The number of hydrogen-bond acceptors (Lipinski definition) is 5. The molecular weight excluding hydrogens is 382 g/mol. The fourth-order valence-corrected chi connectivity index (χ4v) is 3.64. The van der Waals surface area contributed by atoms with E-state index in [4.69, 9.17) is 18.3 Å². The Labute approximate surface area is 168 Å². The Morgan fingerprint density at radius 2 is 1.70 bits per heavy atom. The Kier molecular flexibility index (Phi) is 10.1. The van der Waals surface area contributed by atoms with Crippen LogP contribution in [0.4, 0.5) is 0 Å². The standard InChI is InChI=1S/C20H36O5P2/c1-19(2,3)16-9-10-18(17(11-16)20(4,5)6)25-27(21)24-14-15(12-22-7)13-23-26-8/h9-11,15,21,26H,12-14H2,1-8H3. The molecule has 1 N–H and O–H groups in total. The van der Waals surface area contributed by atoms with Gasteiger partial charge in [0, 0.05) is 27.4 Å². The van der Waals surface area contributed by atoms with E-state index < -0.39 is 8.60 Å². The topological polar surface area (TPSA) is 57.2 Å². The first-order valence-electron chi connectivity index (χ1n) is 9.21. The second-order valence-electron chi connectivity index (χ2n) is 8.67. The monoisotopic (exact) mass is 418 g/mol. The van der Waals surface area contributed by atoms with Crippen molar-refractivity contribution >= 4 is 17.4 Å². The number of hydrogen-bond donors (Lipinski definition) is 1. The molecule has 1 aromatic carbocycles. The molecule has 0 amide bonds. The first-order valence-corrected chi connectivity index (χ1v) is 11.7. The summed E-state index contributed by atoms with van der Waals surface area (Å²) in [6.45, 7) is 16.3. The largest absolute Gasteiger partial charge is 0.427 e. The zero-order chi connectivity index (χ0) is 20.7. The lowest BCUT2D eigenvalue weighted by Crippen LogP contribution is -2.19. The summed E-state index contributed by atoms with van der Waals surface area (Å²) in [5, 5.41) is 0. The molecule has 0 aliphatic heterocycles. The highest BCUT2D eigenvalue weighted by Gasteiger charge is 2.25. The highest BCUT2D eigenvalue weighted by Crippen LogP contribution is 2.42. The molecule has 0 aromatic heterocycles. The van der Waals surface area contributed by atoms with Crippen molar-refractivity contribution in [2.75, 3.05) is 33.6 Å². The fourth-order valence-electron chi connectivity index (χ4n) is 2.52. The van der Waals surface area contributed by atoms with Crippen molar-refractivity contribution in [2.24, 2.45) is 5.92 Å². The van der Waals surface area contributed by atoms with Gasteiger partial charge < -0.3 is 23.2 Å².